The number of likely N-dealkylation sites (N-methyl/N-ethyl adjacent to an activating group) is 1. The topological polar surface area (TPSA) is 91.0 Å². The van der Waals surface area contributed by atoms with Crippen LogP contribution in [0.3, 0.4) is 0 Å². The van der Waals surface area contributed by atoms with E-state index in [4.69, 9.17) is 10.9 Å². The van der Waals surface area contributed by atoms with Crippen LogP contribution in [0.25, 0.3) is 0 Å². The first-order chi connectivity index (χ1) is 9.53. The van der Waals surface area contributed by atoms with Crippen molar-refractivity contribution in [3.05, 3.63) is 0 Å². The zero-order chi connectivity index (χ0) is 14.8. The number of nitrogens with one attached hydrogen (secondary N) is 1. The summed E-state index contributed by atoms with van der Waals surface area (Å²) in [5, 5.41) is 15.0. The predicted molar refractivity (Wildman–Crippen MR) is 77.5 cm³/mol. The van der Waals surface area contributed by atoms with Gasteiger partial charge in [-0.1, -0.05) is 19.0 Å². The Hall–Kier alpha value is -1.30. The number of oxime groups is 1. The molecule has 1 saturated carbocycles. The molecule has 1 amide bonds. The van der Waals surface area contributed by atoms with E-state index in [1.165, 1.54) is 6.42 Å². The number of nitrogens with two attached hydrogens (primary N) is 1. The molecule has 0 bridgehead atoms. The molecule has 2 rings (SSSR count). The number of carbonyl (C=O) groups is 1. The third-order valence-corrected chi connectivity index (χ3v) is 4.83. The van der Waals surface area contributed by atoms with E-state index in [-0.39, 0.29) is 11.7 Å². The molecule has 1 saturated heterocycles. The van der Waals surface area contributed by atoms with Gasteiger partial charge >= 0.3 is 0 Å². The maximum Gasteiger partial charge on any atom is 0.234 e. The Morgan fingerprint density at radius 1 is 1.55 bits per heavy atom. The average Bonchev–Trinajstić information content (AvgIpc) is 2.87. The molecule has 1 aliphatic heterocycles. The minimum atomic E-state index is -0.788. The maximum absolute atomic E-state index is 12.4. The monoisotopic (exact) mass is 282 g/mol. The molecule has 20 heavy (non-hydrogen) atoms. The number of likely N-dealkylation sites (tertiary alicyclic amines) is 1. The number of carbonyl (C=O) groups excluding carboxylic acids is 1. The van der Waals surface area contributed by atoms with Crippen LogP contribution in [0.2, 0.25) is 0 Å². The highest BCUT2D eigenvalue weighted by atomic mass is 16.4. The van der Waals surface area contributed by atoms with Gasteiger partial charge in [-0.2, -0.15) is 0 Å². The lowest BCUT2D eigenvalue weighted by molar-refractivity contribution is -0.133. The van der Waals surface area contributed by atoms with Gasteiger partial charge in [-0.15, -0.1) is 0 Å². The van der Waals surface area contributed by atoms with Crippen LogP contribution >= 0.6 is 0 Å². The molecule has 0 aromatic carbocycles. The standard InChI is InChI=1S/C14H26N4O2/c1-3-18-6-4-5-11(18)9-16-13(19)14(12(15)17-20)7-10(2)8-14/h10-11,20H,3-9H2,1-2H3,(H2,15,17)(H,16,19). The first-order valence-corrected chi connectivity index (χ1v) is 7.54. The maximum atomic E-state index is 12.4. The summed E-state index contributed by atoms with van der Waals surface area (Å²) in [5.74, 6) is 0.403. The molecule has 0 spiro atoms. The normalized spacial score (nSPS) is 34.8. The van der Waals surface area contributed by atoms with Crippen molar-refractivity contribution >= 4 is 11.7 Å². The van der Waals surface area contributed by atoms with Crippen molar-refractivity contribution in [3.8, 4) is 0 Å². The predicted octanol–water partition coefficient (Wildman–Crippen LogP) is 0.750. The Balaban J connectivity index is 1.93. The number of amides is 1. The van der Waals surface area contributed by atoms with Gasteiger partial charge in [0.25, 0.3) is 0 Å². The van der Waals surface area contributed by atoms with Gasteiger partial charge in [0.2, 0.25) is 5.91 Å². The Labute approximate surface area is 120 Å². The number of amidine groups is 1. The van der Waals surface area contributed by atoms with Gasteiger partial charge in [-0.3, -0.25) is 9.69 Å². The summed E-state index contributed by atoms with van der Waals surface area (Å²) in [6.07, 6.45) is 3.64. The number of rotatable bonds is 5. The first-order valence-electron chi connectivity index (χ1n) is 7.54. The van der Waals surface area contributed by atoms with E-state index in [1.807, 2.05) is 0 Å². The van der Waals surface area contributed by atoms with Gasteiger partial charge in [-0.05, 0) is 44.7 Å². The summed E-state index contributed by atoms with van der Waals surface area (Å²) in [6.45, 7) is 7.00. The summed E-state index contributed by atoms with van der Waals surface area (Å²) in [4.78, 5) is 14.8. The smallest absolute Gasteiger partial charge is 0.234 e. The van der Waals surface area contributed by atoms with Crippen molar-refractivity contribution < 1.29 is 10.0 Å². The van der Waals surface area contributed by atoms with E-state index in [1.54, 1.807) is 0 Å². The van der Waals surface area contributed by atoms with Gasteiger partial charge in [0.1, 0.15) is 5.41 Å². The van der Waals surface area contributed by atoms with Crippen molar-refractivity contribution in [2.75, 3.05) is 19.6 Å². The van der Waals surface area contributed by atoms with Crippen LogP contribution in [0.1, 0.15) is 39.5 Å². The third kappa shape index (κ3) is 2.61. The number of hydrogen-bond acceptors (Lipinski definition) is 4. The lowest BCUT2D eigenvalue weighted by atomic mass is 9.61. The second-order valence-electron chi connectivity index (χ2n) is 6.22. The third-order valence-electron chi connectivity index (χ3n) is 4.83. The van der Waals surface area contributed by atoms with Crippen molar-refractivity contribution in [1.82, 2.24) is 10.2 Å². The van der Waals surface area contributed by atoms with Crippen LogP contribution in [0.4, 0.5) is 0 Å². The summed E-state index contributed by atoms with van der Waals surface area (Å²) in [5.41, 5.74) is 4.95. The van der Waals surface area contributed by atoms with Crippen molar-refractivity contribution in [2.24, 2.45) is 22.2 Å². The van der Waals surface area contributed by atoms with Crippen LogP contribution in [0, 0.1) is 11.3 Å². The van der Waals surface area contributed by atoms with Crippen LogP contribution < -0.4 is 11.1 Å². The van der Waals surface area contributed by atoms with Crippen molar-refractivity contribution in [2.45, 2.75) is 45.6 Å². The van der Waals surface area contributed by atoms with Crippen LogP contribution in [-0.4, -0.2) is 47.5 Å². The van der Waals surface area contributed by atoms with E-state index >= 15 is 0 Å². The molecule has 2 fully saturated rings. The fourth-order valence-corrected chi connectivity index (χ4v) is 3.66. The highest BCUT2D eigenvalue weighted by molar-refractivity contribution is 6.07. The van der Waals surface area contributed by atoms with Gasteiger partial charge in [-0.25, -0.2) is 0 Å². The Kier molecular flexibility index (Phi) is 4.52. The van der Waals surface area contributed by atoms with E-state index in [0.717, 1.165) is 19.5 Å². The zero-order valence-corrected chi connectivity index (χ0v) is 12.4. The van der Waals surface area contributed by atoms with Crippen molar-refractivity contribution in [1.29, 1.82) is 0 Å². The van der Waals surface area contributed by atoms with Crippen LogP contribution in [-0.2, 0) is 4.79 Å². The van der Waals surface area contributed by atoms with Crippen LogP contribution in [0.5, 0.6) is 0 Å². The highest BCUT2D eigenvalue weighted by Crippen LogP contribution is 2.45. The molecular weight excluding hydrogens is 256 g/mol. The second-order valence-corrected chi connectivity index (χ2v) is 6.22. The van der Waals surface area contributed by atoms with E-state index < -0.39 is 5.41 Å². The van der Waals surface area contributed by atoms with Crippen molar-refractivity contribution in [3.63, 3.8) is 0 Å². The molecule has 2 aliphatic rings. The largest absolute Gasteiger partial charge is 0.409 e. The van der Waals surface area contributed by atoms with E-state index in [9.17, 15) is 4.79 Å². The molecule has 1 unspecified atom stereocenters. The molecule has 114 valence electrons. The van der Waals surface area contributed by atoms with Crippen LogP contribution in [0.15, 0.2) is 5.16 Å². The highest BCUT2D eigenvalue weighted by Gasteiger charge is 2.52. The molecule has 0 radical (unpaired) electrons. The first kappa shape index (κ1) is 15.1. The SMILES string of the molecule is CCN1CCCC1CNC(=O)C1(C(N)=NO)CC(C)C1. The average molecular weight is 282 g/mol. The molecule has 6 nitrogen and oxygen atoms in total. The number of nitrogens with zero attached hydrogens (tertiary/aromatic N) is 2. The lowest BCUT2D eigenvalue weighted by Gasteiger charge is -2.43. The summed E-state index contributed by atoms with van der Waals surface area (Å²) in [6, 6.07) is 0.422. The molecule has 6 heteroatoms. The molecule has 0 aromatic heterocycles. The van der Waals surface area contributed by atoms with Gasteiger partial charge in [0.05, 0.1) is 0 Å². The van der Waals surface area contributed by atoms with E-state index in [2.05, 4.69) is 29.2 Å². The molecule has 0 aromatic rings. The zero-order valence-electron chi connectivity index (χ0n) is 12.4. The molecule has 1 atom stereocenters. The lowest BCUT2D eigenvalue weighted by Crippen LogP contribution is -2.58. The summed E-state index contributed by atoms with van der Waals surface area (Å²) in [7, 11) is 0. The molecular formula is C14H26N4O2. The Morgan fingerprint density at radius 3 is 2.80 bits per heavy atom. The molecule has 1 heterocycles. The Bertz CT molecular complexity index is 391. The fraction of sp³-hybridized carbons (Fsp3) is 0.857. The summed E-state index contributed by atoms with van der Waals surface area (Å²) >= 11 is 0. The second kappa shape index (κ2) is 5.99. The van der Waals surface area contributed by atoms with Gasteiger partial charge in [0, 0.05) is 12.6 Å². The number of hydrogen-bond donors (Lipinski definition) is 3. The van der Waals surface area contributed by atoms with Gasteiger partial charge in [0.15, 0.2) is 5.84 Å². The van der Waals surface area contributed by atoms with E-state index in [0.29, 0.717) is 31.3 Å². The summed E-state index contributed by atoms with van der Waals surface area (Å²) < 4.78 is 0. The Morgan fingerprint density at radius 2 is 2.25 bits per heavy atom. The fourth-order valence-electron chi connectivity index (χ4n) is 3.66. The minimum Gasteiger partial charge on any atom is -0.409 e. The molecule has 1 aliphatic carbocycles. The van der Waals surface area contributed by atoms with Gasteiger partial charge < -0.3 is 16.3 Å². The quantitative estimate of drug-likeness (QED) is 0.300. The molecule has 4 N–H and O–H groups in total. The minimum absolute atomic E-state index is 0.0480.